The van der Waals surface area contributed by atoms with Crippen LogP contribution in [0.1, 0.15) is 5.56 Å². The molecule has 0 unspecified atom stereocenters. The number of benzene rings is 1. The smallest absolute Gasteiger partial charge is 0.412 e. The number of nitrogens with one attached hydrogen (secondary N) is 1. The Morgan fingerprint density at radius 2 is 2.25 bits per heavy atom. The van der Waals surface area contributed by atoms with Crippen molar-refractivity contribution >= 4 is 23.4 Å². The number of nitrogens with zero attached hydrogens (tertiary/aromatic N) is 1. The summed E-state index contributed by atoms with van der Waals surface area (Å²) in [5, 5.41) is 3.08. The molecular weight excluding hydrogens is 280 g/mol. The lowest BCUT2D eigenvalue weighted by Gasteiger charge is -2.10. The van der Waals surface area contributed by atoms with Crippen LogP contribution in [0, 0.1) is 0 Å². The molecule has 0 saturated carbocycles. The quantitative estimate of drug-likeness (QED) is 0.937. The second-order valence-electron chi connectivity index (χ2n) is 3.91. The second-order valence-corrected chi connectivity index (χ2v) is 4.34. The van der Waals surface area contributed by atoms with E-state index in [0.29, 0.717) is 16.5 Å². The van der Waals surface area contributed by atoms with Crippen LogP contribution in [0.4, 0.5) is 10.5 Å². The summed E-state index contributed by atoms with van der Waals surface area (Å²) in [4.78, 5) is 15.6. The number of hydrogen-bond acceptors (Lipinski definition) is 4. The Labute approximate surface area is 121 Å². The van der Waals surface area contributed by atoms with Gasteiger partial charge in [0.1, 0.15) is 12.4 Å². The van der Waals surface area contributed by atoms with Crippen molar-refractivity contribution in [3.05, 3.63) is 53.3 Å². The Morgan fingerprint density at radius 1 is 1.40 bits per heavy atom. The van der Waals surface area contributed by atoms with E-state index in [1.807, 2.05) is 6.07 Å². The molecule has 0 atom stereocenters. The number of halogens is 1. The van der Waals surface area contributed by atoms with Crippen molar-refractivity contribution in [2.24, 2.45) is 0 Å². The van der Waals surface area contributed by atoms with Crippen molar-refractivity contribution in [1.29, 1.82) is 0 Å². The number of rotatable bonds is 4. The van der Waals surface area contributed by atoms with Crippen molar-refractivity contribution in [3.8, 4) is 5.75 Å². The minimum Gasteiger partial charge on any atom is -0.495 e. The molecule has 0 fully saturated rings. The van der Waals surface area contributed by atoms with Gasteiger partial charge in [0.2, 0.25) is 0 Å². The zero-order chi connectivity index (χ0) is 14.4. The molecule has 0 radical (unpaired) electrons. The van der Waals surface area contributed by atoms with E-state index in [-0.39, 0.29) is 6.61 Å². The fourth-order valence-corrected chi connectivity index (χ4v) is 1.73. The topological polar surface area (TPSA) is 60.5 Å². The number of methoxy groups -OCH3 is 1. The summed E-state index contributed by atoms with van der Waals surface area (Å²) in [7, 11) is 1.51. The van der Waals surface area contributed by atoms with Crippen LogP contribution in [0.15, 0.2) is 42.7 Å². The van der Waals surface area contributed by atoms with Gasteiger partial charge >= 0.3 is 6.09 Å². The highest BCUT2D eigenvalue weighted by Crippen LogP contribution is 2.27. The number of aromatic nitrogens is 1. The zero-order valence-electron chi connectivity index (χ0n) is 10.8. The van der Waals surface area contributed by atoms with Crippen molar-refractivity contribution in [1.82, 2.24) is 4.98 Å². The van der Waals surface area contributed by atoms with E-state index in [2.05, 4.69) is 10.3 Å². The third-order valence-electron chi connectivity index (χ3n) is 2.49. The first-order valence-corrected chi connectivity index (χ1v) is 6.23. The summed E-state index contributed by atoms with van der Waals surface area (Å²) in [5.41, 5.74) is 1.26. The minimum absolute atomic E-state index is 0.141. The third-order valence-corrected chi connectivity index (χ3v) is 2.73. The predicted molar refractivity (Wildman–Crippen MR) is 76.0 cm³/mol. The molecule has 5 nitrogen and oxygen atoms in total. The maximum Gasteiger partial charge on any atom is 0.412 e. The van der Waals surface area contributed by atoms with E-state index >= 15 is 0 Å². The number of carbonyl (C=O) groups excluding carboxylic acids is 1. The van der Waals surface area contributed by atoms with Crippen LogP contribution in [0.3, 0.4) is 0 Å². The average molecular weight is 293 g/mol. The molecular formula is C14H13ClN2O3. The maximum atomic E-state index is 11.7. The van der Waals surface area contributed by atoms with Gasteiger partial charge in [-0.3, -0.25) is 10.3 Å². The van der Waals surface area contributed by atoms with Crippen molar-refractivity contribution < 1.29 is 14.3 Å². The monoisotopic (exact) mass is 292 g/mol. The fourth-order valence-electron chi connectivity index (χ4n) is 1.56. The van der Waals surface area contributed by atoms with Crippen molar-refractivity contribution in [2.75, 3.05) is 12.4 Å². The molecule has 1 amide bonds. The normalized spacial score (nSPS) is 9.90. The van der Waals surface area contributed by atoms with E-state index < -0.39 is 6.09 Å². The molecule has 0 aliphatic rings. The average Bonchev–Trinajstić information content (AvgIpc) is 2.46. The Hall–Kier alpha value is -2.27. The van der Waals surface area contributed by atoms with Gasteiger partial charge in [0.15, 0.2) is 0 Å². The van der Waals surface area contributed by atoms with Crippen molar-refractivity contribution in [3.63, 3.8) is 0 Å². The van der Waals surface area contributed by atoms with Gasteiger partial charge in [-0.25, -0.2) is 4.79 Å². The largest absolute Gasteiger partial charge is 0.495 e. The summed E-state index contributed by atoms with van der Waals surface area (Å²) < 4.78 is 10.2. The first-order valence-electron chi connectivity index (χ1n) is 5.85. The first kappa shape index (κ1) is 14.1. The van der Waals surface area contributed by atoms with Gasteiger partial charge in [-0.1, -0.05) is 17.7 Å². The van der Waals surface area contributed by atoms with E-state index in [9.17, 15) is 4.79 Å². The highest BCUT2D eigenvalue weighted by atomic mass is 35.5. The number of pyridine rings is 1. The van der Waals surface area contributed by atoms with E-state index in [4.69, 9.17) is 21.1 Å². The molecule has 20 heavy (non-hydrogen) atoms. The first-order chi connectivity index (χ1) is 9.69. The molecule has 6 heteroatoms. The Bertz CT molecular complexity index is 590. The van der Waals surface area contributed by atoms with Gasteiger partial charge in [0.25, 0.3) is 0 Å². The van der Waals surface area contributed by atoms with Crippen LogP contribution >= 0.6 is 11.6 Å². The number of carbonyl (C=O) groups is 1. The number of ether oxygens (including phenoxy) is 2. The highest BCUT2D eigenvalue weighted by Gasteiger charge is 2.09. The van der Waals surface area contributed by atoms with E-state index in [1.165, 1.54) is 7.11 Å². The van der Waals surface area contributed by atoms with Crippen LogP contribution in [-0.2, 0) is 11.3 Å². The second kappa shape index (κ2) is 6.77. The summed E-state index contributed by atoms with van der Waals surface area (Å²) >= 11 is 5.87. The lowest BCUT2D eigenvalue weighted by Crippen LogP contribution is -2.14. The van der Waals surface area contributed by atoms with Crippen LogP contribution < -0.4 is 10.1 Å². The van der Waals surface area contributed by atoms with Crippen LogP contribution in [0.25, 0.3) is 0 Å². The summed E-state index contributed by atoms with van der Waals surface area (Å²) in [6.07, 6.45) is 2.70. The molecule has 0 aliphatic carbocycles. The molecule has 0 bridgehead atoms. The van der Waals surface area contributed by atoms with Crippen LogP contribution in [0.5, 0.6) is 5.75 Å². The Kier molecular flexibility index (Phi) is 4.79. The molecule has 1 heterocycles. The number of hydrogen-bond donors (Lipinski definition) is 1. The molecule has 0 saturated heterocycles. The van der Waals surface area contributed by atoms with Gasteiger partial charge in [-0.05, 0) is 24.3 Å². The molecule has 1 N–H and O–H groups in total. The fraction of sp³-hybridized carbons (Fsp3) is 0.143. The van der Waals surface area contributed by atoms with E-state index in [0.717, 1.165) is 5.56 Å². The molecule has 2 rings (SSSR count). The van der Waals surface area contributed by atoms with Gasteiger partial charge in [-0.2, -0.15) is 0 Å². The summed E-state index contributed by atoms with van der Waals surface area (Å²) in [5.74, 6) is 0.507. The standard InChI is InChI=1S/C14H13ClN2O3/c1-19-13-5-4-11(15)7-12(13)17-14(18)20-9-10-3-2-6-16-8-10/h2-8H,9H2,1H3,(H,17,18). The minimum atomic E-state index is -0.589. The molecule has 0 aliphatic heterocycles. The molecule has 104 valence electrons. The SMILES string of the molecule is COc1ccc(Cl)cc1NC(=O)OCc1cccnc1. The summed E-state index contributed by atoms with van der Waals surface area (Å²) in [6, 6.07) is 8.52. The molecule has 1 aromatic heterocycles. The van der Waals surface area contributed by atoms with Crippen LogP contribution in [0.2, 0.25) is 5.02 Å². The maximum absolute atomic E-state index is 11.7. The zero-order valence-corrected chi connectivity index (χ0v) is 11.6. The highest BCUT2D eigenvalue weighted by molar-refractivity contribution is 6.31. The van der Waals surface area contributed by atoms with Gasteiger partial charge in [0.05, 0.1) is 12.8 Å². The van der Waals surface area contributed by atoms with Gasteiger partial charge in [0, 0.05) is 23.0 Å². The lowest BCUT2D eigenvalue weighted by atomic mass is 10.3. The Balaban J connectivity index is 1.96. The molecule has 2 aromatic rings. The summed E-state index contributed by atoms with van der Waals surface area (Å²) in [6.45, 7) is 0.141. The van der Waals surface area contributed by atoms with Crippen molar-refractivity contribution in [2.45, 2.75) is 6.61 Å². The molecule has 1 aromatic carbocycles. The predicted octanol–water partition coefficient (Wildman–Crippen LogP) is 3.49. The lowest BCUT2D eigenvalue weighted by molar-refractivity contribution is 0.155. The van der Waals surface area contributed by atoms with Gasteiger partial charge in [-0.15, -0.1) is 0 Å². The molecule has 0 spiro atoms. The third kappa shape index (κ3) is 3.86. The number of amides is 1. The Morgan fingerprint density at radius 3 is 2.95 bits per heavy atom. The van der Waals surface area contributed by atoms with Gasteiger partial charge < -0.3 is 9.47 Å². The van der Waals surface area contributed by atoms with Crippen LogP contribution in [-0.4, -0.2) is 18.2 Å². The number of anilines is 1. The van der Waals surface area contributed by atoms with E-state index in [1.54, 1.807) is 36.7 Å².